The minimum absolute atomic E-state index is 0.142. The number of carbonyl (C=O) groups excluding carboxylic acids is 3. The van der Waals surface area contributed by atoms with Gasteiger partial charge >= 0.3 is 12.0 Å². The van der Waals surface area contributed by atoms with Gasteiger partial charge in [-0.3, -0.25) is 9.59 Å². The lowest BCUT2D eigenvalue weighted by Gasteiger charge is -2.31. The molecule has 0 unspecified atom stereocenters. The largest absolute Gasteiger partial charge is 0.497 e. The standard InChI is InChI=1S/C27H30N4O5S/c1-3-36-24(32)16-28-27(34)31-13-11-19(12-14-31)26-30-23(17-37-26)25(33)29-22-15-20(35-2)9-10-21(22)18-7-5-4-6-8-18/h4-10,15,17,19H,3,11-14,16H2,1-2H3,(H,28,34)(H,29,33). The van der Waals surface area contributed by atoms with Crippen LogP contribution in [0, 0.1) is 0 Å². The molecule has 0 saturated carbocycles. The van der Waals surface area contributed by atoms with Crippen molar-refractivity contribution >= 4 is 34.9 Å². The van der Waals surface area contributed by atoms with Crippen molar-refractivity contribution < 1.29 is 23.9 Å². The molecule has 9 nitrogen and oxygen atoms in total. The molecule has 1 aliphatic rings. The fourth-order valence-corrected chi connectivity index (χ4v) is 5.16. The molecule has 3 amide bonds. The van der Waals surface area contributed by atoms with Crippen molar-refractivity contribution in [2.45, 2.75) is 25.7 Å². The van der Waals surface area contributed by atoms with E-state index in [0.29, 0.717) is 30.2 Å². The molecule has 1 aliphatic heterocycles. The minimum Gasteiger partial charge on any atom is -0.497 e. The maximum atomic E-state index is 13.1. The number of carbonyl (C=O) groups is 3. The Morgan fingerprint density at radius 1 is 1.11 bits per heavy atom. The molecule has 0 radical (unpaired) electrons. The van der Waals surface area contributed by atoms with Gasteiger partial charge in [0.05, 0.1) is 24.4 Å². The van der Waals surface area contributed by atoms with Gasteiger partial charge in [-0.15, -0.1) is 11.3 Å². The van der Waals surface area contributed by atoms with E-state index in [0.717, 1.165) is 29.0 Å². The summed E-state index contributed by atoms with van der Waals surface area (Å²) >= 11 is 1.46. The zero-order valence-corrected chi connectivity index (χ0v) is 21.7. The summed E-state index contributed by atoms with van der Waals surface area (Å²) in [5.41, 5.74) is 2.87. The lowest BCUT2D eigenvalue weighted by molar-refractivity contribution is -0.141. The quantitative estimate of drug-likeness (QED) is 0.421. The number of nitrogens with one attached hydrogen (secondary N) is 2. The SMILES string of the molecule is CCOC(=O)CNC(=O)N1CCC(c2nc(C(=O)Nc3cc(OC)ccc3-c3ccccc3)cs2)CC1. The van der Waals surface area contributed by atoms with Crippen molar-refractivity contribution in [2.24, 2.45) is 0 Å². The van der Waals surface area contributed by atoms with Gasteiger partial charge in [0.2, 0.25) is 0 Å². The topological polar surface area (TPSA) is 110 Å². The molecule has 4 rings (SSSR count). The Balaban J connectivity index is 1.37. The molecule has 0 atom stereocenters. The number of anilines is 1. The average Bonchev–Trinajstić information content (AvgIpc) is 3.43. The van der Waals surface area contributed by atoms with Gasteiger partial charge in [-0.25, -0.2) is 9.78 Å². The molecule has 0 spiro atoms. The molecule has 1 fully saturated rings. The van der Waals surface area contributed by atoms with E-state index in [1.165, 1.54) is 11.3 Å². The number of hydrogen-bond acceptors (Lipinski definition) is 7. The second-order valence-electron chi connectivity index (χ2n) is 8.53. The number of hydrogen-bond donors (Lipinski definition) is 2. The first-order valence-corrected chi connectivity index (χ1v) is 13.0. The van der Waals surface area contributed by atoms with Crippen LogP contribution in [0.2, 0.25) is 0 Å². The zero-order chi connectivity index (χ0) is 26.2. The molecular formula is C27H30N4O5S. The number of urea groups is 1. The number of methoxy groups -OCH3 is 1. The van der Waals surface area contributed by atoms with Gasteiger partial charge in [-0.05, 0) is 37.5 Å². The highest BCUT2D eigenvalue weighted by molar-refractivity contribution is 7.10. The molecule has 3 aromatic rings. The summed E-state index contributed by atoms with van der Waals surface area (Å²) in [7, 11) is 1.59. The molecule has 1 saturated heterocycles. The lowest BCUT2D eigenvalue weighted by Crippen LogP contribution is -2.45. The molecule has 0 bridgehead atoms. The summed E-state index contributed by atoms with van der Waals surface area (Å²) in [4.78, 5) is 43.2. The van der Waals surface area contributed by atoms with E-state index in [2.05, 4.69) is 15.6 Å². The van der Waals surface area contributed by atoms with Crippen molar-refractivity contribution in [1.82, 2.24) is 15.2 Å². The highest BCUT2D eigenvalue weighted by atomic mass is 32.1. The normalized spacial score (nSPS) is 13.6. The number of aromatic nitrogens is 1. The van der Waals surface area contributed by atoms with Gasteiger partial charge in [-0.2, -0.15) is 0 Å². The Kier molecular flexibility index (Phi) is 8.73. The van der Waals surface area contributed by atoms with Crippen LogP contribution in [0.15, 0.2) is 53.9 Å². The summed E-state index contributed by atoms with van der Waals surface area (Å²) in [6.07, 6.45) is 1.46. The molecule has 1 aromatic heterocycles. The van der Waals surface area contributed by atoms with Crippen molar-refractivity contribution in [1.29, 1.82) is 0 Å². The number of amides is 3. The number of esters is 1. The summed E-state index contributed by atoms with van der Waals surface area (Å²) in [6, 6.07) is 15.1. The van der Waals surface area contributed by atoms with Crippen LogP contribution in [-0.4, -0.2) is 61.1 Å². The van der Waals surface area contributed by atoms with Crippen LogP contribution in [0.25, 0.3) is 11.1 Å². The van der Waals surface area contributed by atoms with E-state index < -0.39 is 5.97 Å². The Morgan fingerprint density at radius 2 is 1.86 bits per heavy atom. The average molecular weight is 523 g/mol. The van der Waals surface area contributed by atoms with Gasteiger partial charge in [0, 0.05) is 36.0 Å². The van der Waals surface area contributed by atoms with E-state index in [1.807, 2.05) is 42.5 Å². The van der Waals surface area contributed by atoms with Gasteiger partial charge < -0.3 is 25.0 Å². The van der Waals surface area contributed by atoms with Crippen LogP contribution in [0.1, 0.15) is 41.2 Å². The molecule has 2 N–H and O–H groups in total. The van der Waals surface area contributed by atoms with Crippen LogP contribution >= 0.6 is 11.3 Å². The van der Waals surface area contributed by atoms with Gasteiger partial charge in [0.15, 0.2) is 0 Å². The van der Waals surface area contributed by atoms with E-state index in [4.69, 9.17) is 9.47 Å². The fourth-order valence-electron chi connectivity index (χ4n) is 4.19. The number of thiazole rings is 1. The number of likely N-dealkylation sites (tertiary alicyclic amines) is 1. The van der Waals surface area contributed by atoms with Crippen LogP contribution in [0.5, 0.6) is 5.75 Å². The van der Waals surface area contributed by atoms with Gasteiger partial charge in [-0.1, -0.05) is 30.3 Å². The maximum absolute atomic E-state index is 13.1. The zero-order valence-electron chi connectivity index (χ0n) is 20.9. The maximum Gasteiger partial charge on any atom is 0.325 e. The van der Waals surface area contributed by atoms with Crippen LogP contribution in [-0.2, 0) is 9.53 Å². The van der Waals surface area contributed by atoms with E-state index in [1.54, 1.807) is 30.4 Å². The lowest BCUT2D eigenvalue weighted by atomic mass is 9.98. The number of benzene rings is 2. The van der Waals surface area contributed by atoms with Crippen molar-refractivity contribution in [3.05, 3.63) is 64.6 Å². The number of ether oxygens (including phenoxy) is 2. The second kappa shape index (κ2) is 12.4. The number of nitrogens with zero attached hydrogens (tertiary/aromatic N) is 2. The number of rotatable bonds is 8. The Hall–Kier alpha value is -3.92. The third-order valence-electron chi connectivity index (χ3n) is 6.14. The highest BCUT2D eigenvalue weighted by Gasteiger charge is 2.27. The van der Waals surface area contributed by atoms with Gasteiger partial charge in [0.1, 0.15) is 18.0 Å². The van der Waals surface area contributed by atoms with Crippen molar-refractivity contribution in [3.8, 4) is 16.9 Å². The molecule has 10 heteroatoms. The summed E-state index contributed by atoms with van der Waals surface area (Å²) < 4.78 is 10.2. The molecule has 0 aliphatic carbocycles. The molecule has 37 heavy (non-hydrogen) atoms. The molecular weight excluding hydrogens is 492 g/mol. The molecule has 194 valence electrons. The van der Waals surface area contributed by atoms with Gasteiger partial charge in [0.25, 0.3) is 5.91 Å². The van der Waals surface area contributed by atoms with Crippen LogP contribution in [0.3, 0.4) is 0 Å². The monoisotopic (exact) mass is 522 g/mol. The Morgan fingerprint density at radius 3 is 2.57 bits per heavy atom. The van der Waals surface area contributed by atoms with Crippen molar-refractivity contribution in [3.63, 3.8) is 0 Å². The molecule has 2 heterocycles. The first kappa shape index (κ1) is 26.2. The third kappa shape index (κ3) is 6.65. The second-order valence-corrected chi connectivity index (χ2v) is 9.42. The highest BCUT2D eigenvalue weighted by Crippen LogP contribution is 2.33. The molecule has 2 aromatic carbocycles. The fraction of sp³-hybridized carbons (Fsp3) is 0.333. The van der Waals surface area contributed by atoms with Crippen LogP contribution in [0.4, 0.5) is 10.5 Å². The predicted octanol–water partition coefficient (Wildman–Crippen LogP) is 4.52. The van der Waals surface area contributed by atoms with E-state index >= 15 is 0 Å². The van der Waals surface area contributed by atoms with E-state index in [-0.39, 0.29) is 31.0 Å². The summed E-state index contributed by atoms with van der Waals surface area (Å²) in [5.74, 6) is 0.0669. The van der Waals surface area contributed by atoms with E-state index in [9.17, 15) is 14.4 Å². The summed E-state index contributed by atoms with van der Waals surface area (Å²) in [5, 5.41) is 8.24. The smallest absolute Gasteiger partial charge is 0.325 e. The minimum atomic E-state index is -0.454. The Labute approximate surface area is 219 Å². The van der Waals surface area contributed by atoms with Crippen LogP contribution < -0.4 is 15.4 Å². The third-order valence-corrected chi connectivity index (χ3v) is 7.14. The summed E-state index contributed by atoms with van der Waals surface area (Å²) in [6.45, 7) is 2.95. The number of piperidine rings is 1. The first-order valence-electron chi connectivity index (χ1n) is 12.2. The van der Waals surface area contributed by atoms with Crippen molar-refractivity contribution in [2.75, 3.05) is 38.7 Å². The Bertz CT molecular complexity index is 1240. The predicted molar refractivity (Wildman–Crippen MR) is 142 cm³/mol. The first-order chi connectivity index (χ1) is 18.0.